The van der Waals surface area contributed by atoms with Crippen LogP contribution in [0, 0.1) is 0 Å². The SMILES string of the molecule is c1cncc(-c2cnn3cc(-c4ccc(CN5CCCCC5)cc4)cnc23)c1. The Hall–Kier alpha value is -3.05. The molecule has 5 heteroatoms. The largest absolute Gasteiger partial charge is 0.299 e. The molecule has 5 rings (SSSR count). The lowest BCUT2D eigenvalue weighted by Crippen LogP contribution is -2.28. The van der Waals surface area contributed by atoms with Crippen molar-refractivity contribution in [2.24, 2.45) is 0 Å². The van der Waals surface area contributed by atoms with Gasteiger partial charge in [0, 0.05) is 48.0 Å². The maximum absolute atomic E-state index is 4.67. The molecule has 3 aromatic heterocycles. The van der Waals surface area contributed by atoms with Crippen molar-refractivity contribution in [3.05, 3.63) is 72.9 Å². The van der Waals surface area contributed by atoms with Gasteiger partial charge in [-0.05, 0) is 43.1 Å². The van der Waals surface area contributed by atoms with Gasteiger partial charge in [-0.2, -0.15) is 5.10 Å². The Bertz CT molecular complexity index is 1060. The van der Waals surface area contributed by atoms with Gasteiger partial charge in [-0.3, -0.25) is 9.88 Å². The number of fused-ring (bicyclic) bond motifs is 1. The number of hydrogen-bond donors (Lipinski definition) is 0. The van der Waals surface area contributed by atoms with Crippen LogP contribution in [0.2, 0.25) is 0 Å². The van der Waals surface area contributed by atoms with E-state index in [1.54, 1.807) is 6.20 Å². The molecule has 28 heavy (non-hydrogen) atoms. The van der Waals surface area contributed by atoms with Crippen LogP contribution >= 0.6 is 0 Å². The molecule has 4 heterocycles. The van der Waals surface area contributed by atoms with E-state index in [1.807, 2.05) is 41.4 Å². The van der Waals surface area contributed by atoms with Crippen LogP contribution < -0.4 is 0 Å². The number of benzene rings is 1. The van der Waals surface area contributed by atoms with Gasteiger partial charge in [-0.25, -0.2) is 9.50 Å². The summed E-state index contributed by atoms with van der Waals surface area (Å²) in [5, 5.41) is 4.50. The molecule has 0 radical (unpaired) electrons. The number of aromatic nitrogens is 4. The Labute approximate surface area is 164 Å². The summed E-state index contributed by atoms with van der Waals surface area (Å²) >= 11 is 0. The summed E-state index contributed by atoms with van der Waals surface area (Å²) < 4.78 is 1.85. The average molecular weight is 369 g/mol. The van der Waals surface area contributed by atoms with E-state index in [4.69, 9.17) is 0 Å². The van der Waals surface area contributed by atoms with E-state index in [-0.39, 0.29) is 0 Å². The highest BCUT2D eigenvalue weighted by Gasteiger charge is 2.11. The van der Waals surface area contributed by atoms with Crippen molar-refractivity contribution in [2.45, 2.75) is 25.8 Å². The third kappa shape index (κ3) is 3.41. The van der Waals surface area contributed by atoms with Crippen LogP contribution in [0.1, 0.15) is 24.8 Å². The summed E-state index contributed by atoms with van der Waals surface area (Å²) in [7, 11) is 0. The van der Waals surface area contributed by atoms with E-state index in [9.17, 15) is 0 Å². The fourth-order valence-corrected chi connectivity index (χ4v) is 3.93. The highest BCUT2D eigenvalue weighted by atomic mass is 15.2. The number of piperidine rings is 1. The number of pyridine rings is 1. The van der Waals surface area contributed by atoms with Crippen LogP contribution in [0.25, 0.3) is 27.9 Å². The van der Waals surface area contributed by atoms with Crippen LogP contribution in [0.3, 0.4) is 0 Å². The minimum absolute atomic E-state index is 0.846. The molecular weight excluding hydrogens is 346 g/mol. The lowest BCUT2D eigenvalue weighted by Gasteiger charge is -2.26. The first-order valence-electron chi connectivity index (χ1n) is 9.92. The van der Waals surface area contributed by atoms with E-state index < -0.39 is 0 Å². The lowest BCUT2D eigenvalue weighted by atomic mass is 10.1. The minimum Gasteiger partial charge on any atom is -0.299 e. The van der Waals surface area contributed by atoms with Gasteiger partial charge in [0.2, 0.25) is 0 Å². The zero-order valence-electron chi connectivity index (χ0n) is 15.8. The van der Waals surface area contributed by atoms with Crippen molar-refractivity contribution >= 4 is 5.65 Å². The first-order valence-corrected chi connectivity index (χ1v) is 9.92. The Balaban J connectivity index is 1.38. The van der Waals surface area contributed by atoms with Crippen LogP contribution in [0.15, 0.2) is 67.4 Å². The van der Waals surface area contributed by atoms with Gasteiger partial charge in [0.05, 0.1) is 6.20 Å². The van der Waals surface area contributed by atoms with E-state index in [0.29, 0.717) is 0 Å². The topological polar surface area (TPSA) is 46.3 Å². The van der Waals surface area contributed by atoms with E-state index in [1.165, 1.54) is 37.9 Å². The van der Waals surface area contributed by atoms with Crippen LogP contribution in [0.5, 0.6) is 0 Å². The fourth-order valence-electron chi connectivity index (χ4n) is 3.93. The first kappa shape index (κ1) is 17.1. The molecule has 0 N–H and O–H groups in total. The molecule has 1 saturated heterocycles. The smallest absolute Gasteiger partial charge is 0.162 e. The molecule has 1 aliphatic heterocycles. The molecule has 0 saturated carbocycles. The quantitative estimate of drug-likeness (QED) is 0.533. The molecule has 1 aromatic carbocycles. The molecule has 1 aliphatic rings. The van der Waals surface area contributed by atoms with E-state index in [2.05, 4.69) is 44.2 Å². The van der Waals surface area contributed by atoms with Gasteiger partial charge >= 0.3 is 0 Å². The maximum atomic E-state index is 4.67. The average Bonchev–Trinajstić information content (AvgIpc) is 3.19. The summed E-state index contributed by atoms with van der Waals surface area (Å²) in [6, 6.07) is 12.8. The molecule has 0 aliphatic carbocycles. The van der Waals surface area contributed by atoms with E-state index in [0.717, 1.165) is 34.4 Å². The number of rotatable bonds is 4. The molecule has 140 valence electrons. The highest BCUT2D eigenvalue weighted by Crippen LogP contribution is 2.25. The molecule has 0 atom stereocenters. The summed E-state index contributed by atoms with van der Waals surface area (Å²) in [4.78, 5) is 11.4. The van der Waals surface area contributed by atoms with Crippen LogP contribution in [-0.4, -0.2) is 37.6 Å². The Kier molecular flexibility index (Phi) is 4.59. The van der Waals surface area contributed by atoms with Crippen molar-refractivity contribution in [3.8, 4) is 22.3 Å². The molecular formula is C23H23N5. The molecule has 0 bridgehead atoms. The Morgan fingerprint density at radius 1 is 0.821 bits per heavy atom. The molecule has 0 spiro atoms. The number of hydrogen-bond acceptors (Lipinski definition) is 4. The lowest BCUT2D eigenvalue weighted by molar-refractivity contribution is 0.221. The van der Waals surface area contributed by atoms with Crippen molar-refractivity contribution < 1.29 is 0 Å². The van der Waals surface area contributed by atoms with Crippen LogP contribution in [-0.2, 0) is 6.54 Å². The monoisotopic (exact) mass is 369 g/mol. The summed E-state index contributed by atoms with van der Waals surface area (Å²) in [6.45, 7) is 3.49. The predicted octanol–water partition coefficient (Wildman–Crippen LogP) is 4.44. The van der Waals surface area contributed by atoms with Gasteiger partial charge in [0.15, 0.2) is 5.65 Å². The third-order valence-corrected chi connectivity index (χ3v) is 5.47. The third-order valence-electron chi connectivity index (χ3n) is 5.47. The van der Waals surface area contributed by atoms with E-state index >= 15 is 0 Å². The number of likely N-dealkylation sites (tertiary alicyclic amines) is 1. The second-order valence-electron chi connectivity index (χ2n) is 7.44. The fraction of sp³-hybridized carbons (Fsp3) is 0.261. The van der Waals surface area contributed by atoms with Crippen molar-refractivity contribution in [1.29, 1.82) is 0 Å². The molecule has 0 unspecified atom stereocenters. The van der Waals surface area contributed by atoms with Gasteiger partial charge < -0.3 is 0 Å². The molecule has 0 amide bonds. The maximum Gasteiger partial charge on any atom is 0.162 e. The zero-order chi connectivity index (χ0) is 18.8. The van der Waals surface area contributed by atoms with Gasteiger partial charge in [-0.15, -0.1) is 0 Å². The van der Waals surface area contributed by atoms with Crippen molar-refractivity contribution in [2.75, 3.05) is 13.1 Å². The Morgan fingerprint density at radius 2 is 1.68 bits per heavy atom. The summed E-state index contributed by atoms with van der Waals surface area (Å²) in [5.74, 6) is 0. The predicted molar refractivity (Wildman–Crippen MR) is 111 cm³/mol. The molecule has 4 aromatic rings. The molecule has 5 nitrogen and oxygen atoms in total. The van der Waals surface area contributed by atoms with Gasteiger partial charge in [0.25, 0.3) is 0 Å². The number of nitrogens with zero attached hydrogens (tertiary/aromatic N) is 5. The summed E-state index contributed by atoms with van der Waals surface area (Å²) in [6.07, 6.45) is 13.5. The highest BCUT2D eigenvalue weighted by molar-refractivity contribution is 5.77. The summed E-state index contributed by atoms with van der Waals surface area (Å²) in [5.41, 5.74) is 6.47. The standard InChI is InChI=1S/C23H23N5/c1-2-11-27(12-3-1)16-18-6-8-19(9-7-18)21-14-25-23-22(15-26-28(23)17-21)20-5-4-10-24-13-20/h4-10,13-15,17H,1-3,11-12,16H2. The van der Waals surface area contributed by atoms with Crippen molar-refractivity contribution in [3.63, 3.8) is 0 Å². The second-order valence-corrected chi connectivity index (χ2v) is 7.44. The Morgan fingerprint density at radius 3 is 2.46 bits per heavy atom. The van der Waals surface area contributed by atoms with Gasteiger partial charge in [0.1, 0.15) is 0 Å². The zero-order valence-corrected chi connectivity index (χ0v) is 15.8. The van der Waals surface area contributed by atoms with Crippen molar-refractivity contribution in [1.82, 2.24) is 24.5 Å². The van der Waals surface area contributed by atoms with Crippen LogP contribution in [0.4, 0.5) is 0 Å². The minimum atomic E-state index is 0.846. The van der Waals surface area contributed by atoms with Gasteiger partial charge in [-0.1, -0.05) is 36.8 Å². The first-order chi connectivity index (χ1) is 13.9. The normalized spacial score (nSPS) is 15.1. The molecule has 1 fully saturated rings. The second kappa shape index (κ2) is 7.52.